The maximum atomic E-state index is 6.25. The SMILES string of the molecule is COc1ccc(CNc2c(C)c(C)c3oc(C)c(-c4ccccc4)c3c2C)cc1. The van der Waals surface area contributed by atoms with Crippen molar-refractivity contribution in [1.82, 2.24) is 0 Å². The van der Waals surface area contributed by atoms with Crippen LogP contribution < -0.4 is 10.1 Å². The molecule has 4 rings (SSSR count). The predicted octanol–water partition coefficient (Wildman–Crippen LogP) is 6.95. The van der Waals surface area contributed by atoms with E-state index in [1.54, 1.807) is 7.11 Å². The predicted molar refractivity (Wildman–Crippen MR) is 121 cm³/mol. The third kappa shape index (κ3) is 3.38. The lowest BCUT2D eigenvalue weighted by molar-refractivity contribution is 0.414. The Bertz CT molecular complexity index is 1160. The Morgan fingerprint density at radius 3 is 2.17 bits per heavy atom. The molecule has 4 aromatic rings. The van der Waals surface area contributed by atoms with Gasteiger partial charge in [0.25, 0.3) is 0 Å². The highest BCUT2D eigenvalue weighted by atomic mass is 16.5. The minimum Gasteiger partial charge on any atom is -0.497 e. The second-order valence-corrected chi connectivity index (χ2v) is 7.56. The first-order chi connectivity index (χ1) is 14.0. The molecule has 0 unspecified atom stereocenters. The fourth-order valence-corrected chi connectivity index (χ4v) is 4.08. The number of aryl methyl sites for hydroxylation is 3. The summed E-state index contributed by atoms with van der Waals surface area (Å²) in [5.74, 6) is 1.84. The lowest BCUT2D eigenvalue weighted by Crippen LogP contribution is -2.04. The largest absolute Gasteiger partial charge is 0.497 e. The van der Waals surface area contributed by atoms with Gasteiger partial charge in [-0.2, -0.15) is 0 Å². The van der Waals surface area contributed by atoms with Crippen molar-refractivity contribution in [3.8, 4) is 16.9 Å². The molecule has 0 atom stereocenters. The van der Waals surface area contributed by atoms with Crippen LogP contribution in [0.25, 0.3) is 22.1 Å². The number of anilines is 1. The molecular formula is C26H27NO2. The van der Waals surface area contributed by atoms with Gasteiger partial charge >= 0.3 is 0 Å². The fraction of sp³-hybridized carbons (Fsp3) is 0.231. The zero-order valence-electron chi connectivity index (χ0n) is 17.7. The first-order valence-corrected chi connectivity index (χ1v) is 9.96. The average molecular weight is 386 g/mol. The summed E-state index contributed by atoms with van der Waals surface area (Å²) in [7, 11) is 1.69. The molecule has 3 aromatic carbocycles. The van der Waals surface area contributed by atoms with Gasteiger partial charge in [-0.3, -0.25) is 0 Å². The molecule has 0 bridgehead atoms. The van der Waals surface area contributed by atoms with Crippen LogP contribution in [0.15, 0.2) is 59.0 Å². The van der Waals surface area contributed by atoms with E-state index in [9.17, 15) is 0 Å². The van der Waals surface area contributed by atoms with Crippen molar-refractivity contribution in [2.24, 2.45) is 0 Å². The minimum absolute atomic E-state index is 0.758. The molecule has 0 aliphatic carbocycles. The molecule has 1 heterocycles. The van der Waals surface area contributed by atoms with Gasteiger partial charge in [0.15, 0.2) is 0 Å². The third-order valence-electron chi connectivity index (χ3n) is 5.80. The summed E-state index contributed by atoms with van der Waals surface area (Å²) in [4.78, 5) is 0. The molecule has 0 aliphatic rings. The van der Waals surface area contributed by atoms with Crippen LogP contribution in [0.1, 0.15) is 28.0 Å². The van der Waals surface area contributed by atoms with Crippen molar-refractivity contribution in [1.29, 1.82) is 0 Å². The van der Waals surface area contributed by atoms with Crippen molar-refractivity contribution >= 4 is 16.7 Å². The number of furan rings is 1. The first-order valence-electron chi connectivity index (χ1n) is 9.96. The van der Waals surface area contributed by atoms with Gasteiger partial charge in [0.05, 0.1) is 7.11 Å². The molecule has 0 radical (unpaired) electrons. The van der Waals surface area contributed by atoms with Gasteiger partial charge in [0.1, 0.15) is 17.1 Å². The maximum Gasteiger partial charge on any atom is 0.138 e. The van der Waals surface area contributed by atoms with Crippen molar-refractivity contribution < 1.29 is 9.15 Å². The zero-order chi connectivity index (χ0) is 20.5. The highest BCUT2D eigenvalue weighted by Gasteiger charge is 2.21. The van der Waals surface area contributed by atoms with E-state index < -0.39 is 0 Å². The van der Waals surface area contributed by atoms with E-state index in [1.807, 2.05) is 18.2 Å². The first kappa shape index (κ1) is 19.1. The molecule has 0 saturated heterocycles. The van der Waals surface area contributed by atoms with E-state index in [4.69, 9.17) is 9.15 Å². The van der Waals surface area contributed by atoms with Gasteiger partial charge in [-0.05, 0) is 67.6 Å². The van der Waals surface area contributed by atoms with Gasteiger partial charge in [0, 0.05) is 23.2 Å². The fourth-order valence-electron chi connectivity index (χ4n) is 4.08. The van der Waals surface area contributed by atoms with E-state index in [1.165, 1.54) is 44.5 Å². The molecule has 3 nitrogen and oxygen atoms in total. The number of nitrogens with one attached hydrogen (secondary N) is 1. The van der Waals surface area contributed by atoms with E-state index >= 15 is 0 Å². The number of hydrogen-bond acceptors (Lipinski definition) is 3. The Kier molecular flexibility index (Phi) is 5.06. The third-order valence-corrected chi connectivity index (χ3v) is 5.80. The van der Waals surface area contributed by atoms with Gasteiger partial charge in [-0.25, -0.2) is 0 Å². The van der Waals surface area contributed by atoms with Crippen molar-refractivity contribution in [3.63, 3.8) is 0 Å². The quantitative estimate of drug-likeness (QED) is 0.403. The van der Waals surface area contributed by atoms with Gasteiger partial charge in [-0.15, -0.1) is 0 Å². The van der Waals surface area contributed by atoms with Crippen LogP contribution in [-0.4, -0.2) is 7.11 Å². The van der Waals surface area contributed by atoms with Crippen molar-refractivity contribution in [2.45, 2.75) is 34.2 Å². The molecule has 0 saturated carbocycles. The van der Waals surface area contributed by atoms with E-state index in [0.717, 1.165) is 23.6 Å². The van der Waals surface area contributed by atoms with Crippen LogP contribution in [-0.2, 0) is 6.54 Å². The number of methoxy groups -OCH3 is 1. The molecule has 0 fully saturated rings. The molecular weight excluding hydrogens is 358 g/mol. The normalized spacial score (nSPS) is 11.1. The van der Waals surface area contributed by atoms with Gasteiger partial charge < -0.3 is 14.5 Å². The number of benzene rings is 3. The second-order valence-electron chi connectivity index (χ2n) is 7.56. The molecule has 0 spiro atoms. The smallest absolute Gasteiger partial charge is 0.138 e. The summed E-state index contributed by atoms with van der Waals surface area (Å²) < 4.78 is 11.5. The van der Waals surface area contributed by atoms with Crippen LogP contribution in [0.2, 0.25) is 0 Å². The van der Waals surface area contributed by atoms with Crippen LogP contribution in [0.4, 0.5) is 5.69 Å². The lowest BCUT2D eigenvalue weighted by atomic mass is 9.93. The summed E-state index contributed by atoms with van der Waals surface area (Å²) in [6.45, 7) is 9.31. The average Bonchev–Trinajstić information content (AvgIpc) is 3.10. The van der Waals surface area contributed by atoms with Crippen LogP contribution >= 0.6 is 0 Å². The van der Waals surface area contributed by atoms with E-state index in [2.05, 4.69) is 69.4 Å². The maximum absolute atomic E-state index is 6.25. The molecule has 3 heteroatoms. The number of hydrogen-bond donors (Lipinski definition) is 1. The Morgan fingerprint density at radius 1 is 0.828 bits per heavy atom. The van der Waals surface area contributed by atoms with Gasteiger partial charge in [0.2, 0.25) is 0 Å². The highest BCUT2D eigenvalue weighted by molar-refractivity contribution is 6.02. The zero-order valence-corrected chi connectivity index (χ0v) is 17.7. The number of ether oxygens (including phenoxy) is 1. The summed E-state index contributed by atoms with van der Waals surface area (Å²) in [5.41, 5.74) is 9.42. The Labute approximate surface area is 172 Å². The van der Waals surface area contributed by atoms with Crippen molar-refractivity contribution in [3.05, 3.63) is 82.6 Å². The molecule has 29 heavy (non-hydrogen) atoms. The molecule has 1 aromatic heterocycles. The minimum atomic E-state index is 0.758. The summed E-state index contributed by atoms with van der Waals surface area (Å²) in [6, 6.07) is 18.7. The topological polar surface area (TPSA) is 34.4 Å². The molecule has 1 N–H and O–H groups in total. The summed E-state index contributed by atoms with van der Waals surface area (Å²) in [6.07, 6.45) is 0. The summed E-state index contributed by atoms with van der Waals surface area (Å²) in [5, 5.41) is 4.88. The van der Waals surface area contributed by atoms with Crippen molar-refractivity contribution in [2.75, 3.05) is 12.4 Å². The Morgan fingerprint density at radius 2 is 1.52 bits per heavy atom. The molecule has 148 valence electrons. The number of rotatable bonds is 5. The molecule has 0 amide bonds. The Hall–Kier alpha value is -3.20. The van der Waals surface area contributed by atoms with E-state index in [0.29, 0.717) is 0 Å². The van der Waals surface area contributed by atoms with Gasteiger partial charge in [-0.1, -0.05) is 42.5 Å². The monoisotopic (exact) mass is 385 g/mol. The van der Waals surface area contributed by atoms with Crippen LogP contribution in [0.3, 0.4) is 0 Å². The second kappa shape index (κ2) is 7.67. The number of fused-ring (bicyclic) bond motifs is 1. The van der Waals surface area contributed by atoms with Crippen LogP contribution in [0, 0.1) is 27.7 Å². The standard InChI is InChI=1S/C26H27NO2/c1-16-17(2)26-23(24(19(4)29-26)21-9-7-6-8-10-21)18(3)25(16)27-15-20-11-13-22(28-5)14-12-20/h6-14,27H,15H2,1-5H3. The lowest BCUT2D eigenvalue weighted by Gasteiger charge is -2.17. The van der Waals surface area contributed by atoms with E-state index in [-0.39, 0.29) is 0 Å². The van der Waals surface area contributed by atoms with Crippen LogP contribution in [0.5, 0.6) is 5.75 Å². The summed E-state index contributed by atoms with van der Waals surface area (Å²) >= 11 is 0. The highest BCUT2D eigenvalue weighted by Crippen LogP contribution is 2.42. The molecule has 0 aliphatic heterocycles. The Balaban J connectivity index is 1.80.